The quantitative estimate of drug-likeness (QED) is 0.606. The number of amides is 1. The van der Waals surface area contributed by atoms with Crippen molar-refractivity contribution in [2.45, 2.75) is 78.0 Å². The monoisotopic (exact) mass is 312 g/mol. The molecule has 0 aliphatic carbocycles. The van der Waals surface area contributed by atoms with Crippen molar-refractivity contribution >= 4 is 12.1 Å². The van der Waals surface area contributed by atoms with Gasteiger partial charge in [0.2, 0.25) is 0 Å². The molecule has 0 aromatic rings. The minimum absolute atomic E-state index is 0.0592. The zero-order valence-electron chi connectivity index (χ0n) is 14.9. The van der Waals surface area contributed by atoms with Gasteiger partial charge in [0.05, 0.1) is 12.6 Å². The van der Waals surface area contributed by atoms with E-state index in [1.807, 2.05) is 41.5 Å². The van der Waals surface area contributed by atoms with E-state index < -0.39 is 5.60 Å². The van der Waals surface area contributed by atoms with Crippen molar-refractivity contribution in [3.8, 4) is 0 Å². The standard InChI is InChI=1S/C16H32N4O2/c1-15(2,3)19-13(17)18-11-12-9-7-8-10-20(12)14(21)22-16(4,5)6/h12H,7-11H2,1-6H3,(H3,17,18,19). The van der Waals surface area contributed by atoms with E-state index >= 15 is 0 Å². The predicted molar refractivity (Wildman–Crippen MR) is 90.0 cm³/mol. The van der Waals surface area contributed by atoms with Gasteiger partial charge in [-0.05, 0) is 60.8 Å². The summed E-state index contributed by atoms with van der Waals surface area (Å²) in [4.78, 5) is 18.5. The molecule has 0 aromatic carbocycles. The van der Waals surface area contributed by atoms with E-state index in [9.17, 15) is 4.79 Å². The molecule has 1 unspecified atom stereocenters. The molecule has 1 atom stereocenters. The Kier molecular flexibility index (Phi) is 6.08. The van der Waals surface area contributed by atoms with E-state index in [0.717, 1.165) is 25.8 Å². The van der Waals surface area contributed by atoms with Crippen molar-refractivity contribution in [2.75, 3.05) is 13.1 Å². The Morgan fingerprint density at radius 3 is 2.45 bits per heavy atom. The fourth-order valence-corrected chi connectivity index (χ4v) is 2.38. The molecule has 0 aromatic heterocycles. The Balaban J connectivity index is 2.66. The third kappa shape index (κ3) is 7.00. The van der Waals surface area contributed by atoms with Crippen LogP contribution >= 0.6 is 0 Å². The maximum absolute atomic E-state index is 12.3. The molecular formula is C16H32N4O2. The number of ether oxygens (including phenoxy) is 1. The van der Waals surface area contributed by atoms with E-state index in [1.165, 1.54) is 0 Å². The van der Waals surface area contributed by atoms with Crippen LogP contribution in [0.5, 0.6) is 0 Å². The zero-order valence-corrected chi connectivity index (χ0v) is 14.9. The third-order valence-electron chi connectivity index (χ3n) is 3.23. The van der Waals surface area contributed by atoms with Gasteiger partial charge in [0.15, 0.2) is 5.96 Å². The number of rotatable bonds is 2. The first-order valence-electron chi connectivity index (χ1n) is 8.06. The molecule has 1 rings (SSSR count). The lowest BCUT2D eigenvalue weighted by molar-refractivity contribution is 0.0109. The smallest absolute Gasteiger partial charge is 0.410 e. The molecule has 0 bridgehead atoms. The maximum Gasteiger partial charge on any atom is 0.410 e. The summed E-state index contributed by atoms with van der Waals surface area (Å²) in [7, 11) is 0. The number of hydrogen-bond acceptors (Lipinski definition) is 3. The number of carbonyl (C=O) groups excluding carboxylic acids is 1. The highest BCUT2D eigenvalue weighted by atomic mass is 16.6. The molecule has 0 spiro atoms. The number of nitrogens with two attached hydrogens (primary N) is 1. The second kappa shape index (κ2) is 7.20. The summed E-state index contributed by atoms with van der Waals surface area (Å²) in [6.45, 7) is 13.0. The summed E-state index contributed by atoms with van der Waals surface area (Å²) >= 11 is 0. The van der Waals surface area contributed by atoms with Crippen LogP contribution in [0.3, 0.4) is 0 Å². The highest BCUT2D eigenvalue weighted by Crippen LogP contribution is 2.20. The Hall–Kier alpha value is -1.46. The van der Waals surface area contributed by atoms with Crippen LogP contribution in [-0.4, -0.2) is 47.2 Å². The maximum atomic E-state index is 12.3. The van der Waals surface area contributed by atoms with Gasteiger partial charge >= 0.3 is 6.09 Å². The van der Waals surface area contributed by atoms with Gasteiger partial charge in [-0.2, -0.15) is 0 Å². The first-order chi connectivity index (χ1) is 9.98. The van der Waals surface area contributed by atoms with Crippen LogP contribution < -0.4 is 11.1 Å². The van der Waals surface area contributed by atoms with E-state index in [4.69, 9.17) is 10.5 Å². The molecule has 3 N–H and O–H groups in total. The molecule has 1 fully saturated rings. The summed E-state index contributed by atoms with van der Waals surface area (Å²) in [6, 6.07) is 0.0592. The largest absolute Gasteiger partial charge is 0.444 e. The number of aliphatic imine (C=N–C) groups is 1. The van der Waals surface area contributed by atoms with Crippen LogP contribution in [0.4, 0.5) is 4.79 Å². The molecule has 1 saturated heterocycles. The van der Waals surface area contributed by atoms with Gasteiger partial charge in [0.25, 0.3) is 0 Å². The Morgan fingerprint density at radius 1 is 1.27 bits per heavy atom. The van der Waals surface area contributed by atoms with Gasteiger partial charge in [-0.3, -0.25) is 4.99 Å². The van der Waals surface area contributed by atoms with E-state index in [1.54, 1.807) is 4.90 Å². The van der Waals surface area contributed by atoms with Crippen LogP contribution in [0.1, 0.15) is 60.8 Å². The first kappa shape index (κ1) is 18.6. The predicted octanol–water partition coefficient (Wildman–Crippen LogP) is 2.48. The highest BCUT2D eigenvalue weighted by Gasteiger charge is 2.30. The molecule has 1 amide bonds. The van der Waals surface area contributed by atoms with E-state index in [-0.39, 0.29) is 17.7 Å². The molecule has 6 nitrogen and oxygen atoms in total. The number of piperidine rings is 1. The second-order valence-corrected chi connectivity index (χ2v) is 7.92. The zero-order chi connectivity index (χ0) is 17.0. The lowest BCUT2D eigenvalue weighted by Crippen LogP contribution is -2.49. The minimum atomic E-state index is -0.477. The molecule has 0 saturated carbocycles. The van der Waals surface area contributed by atoms with Gasteiger partial charge in [-0.15, -0.1) is 0 Å². The van der Waals surface area contributed by atoms with Crippen molar-refractivity contribution in [3.05, 3.63) is 0 Å². The van der Waals surface area contributed by atoms with Crippen molar-refractivity contribution in [2.24, 2.45) is 10.7 Å². The number of nitrogens with one attached hydrogen (secondary N) is 1. The molecule has 128 valence electrons. The van der Waals surface area contributed by atoms with E-state index in [0.29, 0.717) is 12.5 Å². The van der Waals surface area contributed by atoms with Crippen LogP contribution in [0.15, 0.2) is 4.99 Å². The lowest BCUT2D eigenvalue weighted by atomic mass is 10.0. The molecule has 22 heavy (non-hydrogen) atoms. The van der Waals surface area contributed by atoms with Gasteiger partial charge in [-0.25, -0.2) is 4.79 Å². The number of nitrogens with zero attached hydrogens (tertiary/aromatic N) is 2. The van der Waals surface area contributed by atoms with Crippen LogP contribution in [0.25, 0.3) is 0 Å². The summed E-state index contributed by atoms with van der Waals surface area (Å²) in [5.41, 5.74) is 5.31. The summed E-state index contributed by atoms with van der Waals surface area (Å²) in [5, 5.41) is 3.13. The van der Waals surface area contributed by atoms with Crippen molar-refractivity contribution in [3.63, 3.8) is 0 Å². The topological polar surface area (TPSA) is 80.0 Å². The van der Waals surface area contributed by atoms with Gasteiger partial charge in [0, 0.05) is 12.1 Å². The molecule has 6 heteroatoms. The Labute approximate surface area is 134 Å². The lowest BCUT2D eigenvalue weighted by Gasteiger charge is -2.36. The minimum Gasteiger partial charge on any atom is -0.444 e. The molecule has 1 heterocycles. The summed E-state index contributed by atoms with van der Waals surface area (Å²) in [5.74, 6) is 0.419. The number of hydrogen-bond donors (Lipinski definition) is 2. The number of carbonyl (C=O) groups is 1. The van der Waals surface area contributed by atoms with Gasteiger partial charge in [0.1, 0.15) is 5.60 Å². The Bertz CT molecular complexity index is 407. The number of likely N-dealkylation sites (tertiary alicyclic amines) is 1. The van der Waals surface area contributed by atoms with E-state index in [2.05, 4.69) is 10.3 Å². The SMILES string of the molecule is CC(C)(C)NC(N)=NCC1CCCCN1C(=O)OC(C)(C)C. The molecule has 0 radical (unpaired) electrons. The highest BCUT2D eigenvalue weighted by molar-refractivity contribution is 5.78. The normalized spacial score (nSPS) is 20.7. The van der Waals surface area contributed by atoms with Crippen molar-refractivity contribution in [1.29, 1.82) is 0 Å². The molecular weight excluding hydrogens is 280 g/mol. The van der Waals surface area contributed by atoms with Crippen LogP contribution in [0.2, 0.25) is 0 Å². The fraction of sp³-hybridized carbons (Fsp3) is 0.875. The number of guanidine groups is 1. The average Bonchev–Trinajstić information content (AvgIpc) is 2.32. The first-order valence-corrected chi connectivity index (χ1v) is 8.06. The Morgan fingerprint density at radius 2 is 1.91 bits per heavy atom. The van der Waals surface area contributed by atoms with Crippen molar-refractivity contribution in [1.82, 2.24) is 10.2 Å². The second-order valence-electron chi connectivity index (χ2n) is 7.92. The fourth-order valence-electron chi connectivity index (χ4n) is 2.38. The summed E-state index contributed by atoms with van der Waals surface area (Å²) < 4.78 is 5.49. The third-order valence-corrected chi connectivity index (χ3v) is 3.23. The summed E-state index contributed by atoms with van der Waals surface area (Å²) in [6.07, 6.45) is 2.79. The molecule has 1 aliphatic rings. The average molecular weight is 312 g/mol. The van der Waals surface area contributed by atoms with Crippen LogP contribution in [-0.2, 0) is 4.74 Å². The van der Waals surface area contributed by atoms with Gasteiger partial charge in [-0.1, -0.05) is 0 Å². The van der Waals surface area contributed by atoms with Gasteiger partial charge < -0.3 is 20.7 Å². The molecule has 1 aliphatic heterocycles. The van der Waals surface area contributed by atoms with Crippen LogP contribution in [0, 0.1) is 0 Å². The van der Waals surface area contributed by atoms with Crippen molar-refractivity contribution < 1.29 is 9.53 Å².